The average Bonchev–Trinajstić information content (AvgIpc) is 2.73. The lowest BCUT2D eigenvalue weighted by molar-refractivity contribution is 1.11. The van der Waals surface area contributed by atoms with Crippen molar-refractivity contribution in [2.24, 2.45) is 0 Å². The Hall–Kier alpha value is -2.36. The molecule has 0 aliphatic rings. The molecule has 16 heavy (non-hydrogen) atoms. The maximum atomic E-state index is 5.71. The van der Waals surface area contributed by atoms with Gasteiger partial charge in [0.2, 0.25) is 0 Å². The van der Waals surface area contributed by atoms with Gasteiger partial charge in [-0.2, -0.15) is 5.10 Å². The largest absolute Gasteiger partial charge is 0.399 e. The van der Waals surface area contributed by atoms with Crippen molar-refractivity contribution in [2.45, 2.75) is 0 Å². The number of fused-ring (bicyclic) bond motifs is 1. The molecule has 0 aliphatic heterocycles. The van der Waals surface area contributed by atoms with Crippen molar-refractivity contribution in [2.75, 3.05) is 5.73 Å². The number of aromatic nitrogens is 3. The number of aromatic amines is 1. The minimum Gasteiger partial charge on any atom is -0.399 e. The number of hydrogen-bond acceptors (Lipinski definition) is 3. The molecule has 0 saturated heterocycles. The number of nitrogens with zero attached hydrogens (tertiary/aromatic N) is 2. The van der Waals surface area contributed by atoms with Crippen molar-refractivity contribution in [1.82, 2.24) is 15.2 Å². The number of rotatable bonds is 1. The van der Waals surface area contributed by atoms with E-state index in [9.17, 15) is 0 Å². The molecule has 2 aromatic heterocycles. The van der Waals surface area contributed by atoms with Gasteiger partial charge >= 0.3 is 0 Å². The quantitative estimate of drug-likeness (QED) is 0.605. The van der Waals surface area contributed by atoms with Gasteiger partial charge in [-0.25, -0.2) is 0 Å². The lowest BCUT2D eigenvalue weighted by atomic mass is 10.1. The van der Waals surface area contributed by atoms with Crippen LogP contribution in [0.3, 0.4) is 0 Å². The molecule has 0 radical (unpaired) electrons. The first-order chi connectivity index (χ1) is 7.84. The number of nitrogens with two attached hydrogens (primary N) is 1. The number of benzene rings is 1. The molecule has 1 aromatic carbocycles. The van der Waals surface area contributed by atoms with Gasteiger partial charge < -0.3 is 5.73 Å². The third-order valence-corrected chi connectivity index (χ3v) is 2.49. The third kappa shape index (κ3) is 1.32. The fourth-order valence-electron chi connectivity index (χ4n) is 1.74. The monoisotopic (exact) mass is 210 g/mol. The van der Waals surface area contributed by atoms with Crippen molar-refractivity contribution in [3.63, 3.8) is 0 Å². The van der Waals surface area contributed by atoms with E-state index in [0.717, 1.165) is 28.0 Å². The van der Waals surface area contributed by atoms with E-state index in [-0.39, 0.29) is 0 Å². The van der Waals surface area contributed by atoms with E-state index in [1.54, 1.807) is 6.20 Å². The van der Waals surface area contributed by atoms with Crippen LogP contribution in [-0.2, 0) is 0 Å². The summed E-state index contributed by atoms with van der Waals surface area (Å²) in [5.74, 6) is 0. The van der Waals surface area contributed by atoms with Crippen LogP contribution in [-0.4, -0.2) is 15.2 Å². The predicted octanol–water partition coefficient (Wildman–Crippen LogP) is 2.21. The number of nitrogens with one attached hydrogen (secondary N) is 1. The highest BCUT2D eigenvalue weighted by Gasteiger charge is 2.08. The van der Waals surface area contributed by atoms with Gasteiger partial charge in [0.15, 0.2) is 0 Å². The van der Waals surface area contributed by atoms with E-state index >= 15 is 0 Å². The second-order valence-corrected chi connectivity index (χ2v) is 3.59. The Morgan fingerprint density at radius 2 is 2.06 bits per heavy atom. The minimum absolute atomic E-state index is 0.726. The van der Waals surface area contributed by atoms with Crippen LogP contribution < -0.4 is 5.73 Å². The van der Waals surface area contributed by atoms with E-state index < -0.39 is 0 Å². The maximum absolute atomic E-state index is 5.71. The number of H-pyrrole nitrogens is 1. The molecule has 0 unspecified atom stereocenters. The summed E-state index contributed by atoms with van der Waals surface area (Å²) < 4.78 is 0. The highest BCUT2D eigenvalue weighted by Crippen LogP contribution is 2.25. The van der Waals surface area contributed by atoms with E-state index in [1.165, 1.54) is 0 Å². The summed E-state index contributed by atoms with van der Waals surface area (Å²) in [5, 5.41) is 8.26. The first-order valence-electron chi connectivity index (χ1n) is 4.99. The Morgan fingerprint density at radius 1 is 1.12 bits per heavy atom. The van der Waals surface area contributed by atoms with Crippen molar-refractivity contribution in [3.8, 4) is 11.4 Å². The van der Waals surface area contributed by atoms with Gasteiger partial charge in [0.25, 0.3) is 0 Å². The molecule has 3 rings (SSSR count). The molecule has 0 amide bonds. The van der Waals surface area contributed by atoms with Gasteiger partial charge in [0, 0.05) is 17.3 Å². The molecule has 3 aromatic rings. The summed E-state index contributed by atoms with van der Waals surface area (Å²) in [4.78, 5) is 4.28. The lowest BCUT2D eigenvalue weighted by Gasteiger charge is -1.96. The first-order valence-corrected chi connectivity index (χ1v) is 4.99. The molecular formula is C12H10N4. The molecule has 4 nitrogen and oxygen atoms in total. The summed E-state index contributed by atoms with van der Waals surface area (Å²) in [5.41, 5.74) is 9.08. The van der Waals surface area contributed by atoms with Crippen LogP contribution in [0.1, 0.15) is 0 Å². The summed E-state index contributed by atoms with van der Waals surface area (Å²) in [6.45, 7) is 0. The van der Waals surface area contributed by atoms with Crippen LogP contribution in [0.5, 0.6) is 0 Å². The molecular weight excluding hydrogens is 200 g/mol. The predicted molar refractivity (Wildman–Crippen MR) is 63.7 cm³/mol. The maximum Gasteiger partial charge on any atom is 0.118 e. The number of anilines is 1. The molecule has 4 heteroatoms. The number of hydrogen-bond donors (Lipinski definition) is 2. The Kier molecular flexibility index (Phi) is 1.86. The molecule has 78 valence electrons. The Bertz CT molecular complexity index is 628. The Balaban J connectivity index is 2.26. The van der Waals surface area contributed by atoms with E-state index in [1.807, 2.05) is 36.4 Å². The number of pyridine rings is 1. The molecule has 0 aliphatic carbocycles. The lowest BCUT2D eigenvalue weighted by Crippen LogP contribution is -1.84. The van der Waals surface area contributed by atoms with Crippen LogP contribution in [0.15, 0.2) is 42.6 Å². The van der Waals surface area contributed by atoms with Crippen molar-refractivity contribution >= 4 is 16.6 Å². The van der Waals surface area contributed by atoms with Crippen LogP contribution >= 0.6 is 0 Å². The molecule has 0 fully saturated rings. The molecule has 0 bridgehead atoms. The van der Waals surface area contributed by atoms with Crippen molar-refractivity contribution in [3.05, 3.63) is 42.6 Å². The Labute approximate surface area is 92.1 Å². The molecule has 0 spiro atoms. The molecule has 3 N–H and O–H groups in total. The van der Waals surface area contributed by atoms with Crippen LogP contribution in [0, 0.1) is 0 Å². The zero-order chi connectivity index (χ0) is 11.0. The van der Waals surface area contributed by atoms with Gasteiger partial charge in [-0.3, -0.25) is 10.1 Å². The second kappa shape index (κ2) is 3.34. The normalized spacial score (nSPS) is 10.8. The SMILES string of the molecule is Nc1ccc2c(-c3ccccn3)n[nH]c2c1. The van der Waals surface area contributed by atoms with Gasteiger partial charge in [-0.15, -0.1) is 0 Å². The van der Waals surface area contributed by atoms with Gasteiger partial charge in [-0.1, -0.05) is 6.07 Å². The third-order valence-electron chi connectivity index (χ3n) is 2.49. The Morgan fingerprint density at radius 3 is 2.88 bits per heavy atom. The van der Waals surface area contributed by atoms with Crippen LogP contribution in [0.4, 0.5) is 5.69 Å². The second-order valence-electron chi connectivity index (χ2n) is 3.59. The first kappa shape index (κ1) is 8.91. The summed E-state index contributed by atoms with van der Waals surface area (Å²) in [6, 6.07) is 11.5. The van der Waals surface area contributed by atoms with E-state index in [0.29, 0.717) is 0 Å². The number of nitrogen functional groups attached to an aromatic ring is 1. The van der Waals surface area contributed by atoms with Gasteiger partial charge in [0.05, 0.1) is 11.2 Å². The van der Waals surface area contributed by atoms with Crippen LogP contribution in [0.2, 0.25) is 0 Å². The topological polar surface area (TPSA) is 67.6 Å². The highest BCUT2D eigenvalue weighted by atomic mass is 15.1. The fraction of sp³-hybridized carbons (Fsp3) is 0. The fourth-order valence-corrected chi connectivity index (χ4v) is 1.74. The standard InChI is InChI=1S/C12H10N4/c13-8-4-5-9-11(7-8)15-16-12(9)10-3-1-2-6-14-10/h1-7H,13H2,(H,15,16). The summed E-state index contributed by atoms with van der Waals surface area (Å²) in [7, 11) is 0. The average molecular weight is 210 g/mol. The summed E-state index contributed by atoms with van der Waals surface area (Å²) >= 11 is 0. The van der Waals surface area contributed by atoms with Crippen molar-refractivity contribution < 1.29 is 0 Å². The zero-order valence-corrected chi connectivity index (χ0v) is 8.51. The zero-order valence-electron chi connectivity index (χ0n) is 8.51. The van der Waals surface area contributed by atoms with Gasteiger partial charge in [0.1, 0.15) is 5.69 Å². The molecule has 0 saturated carbocycles. The summed E-state index contributed by atoms with van der Waals surface area (Å²) in [6.07, 6.45) is 1.76. The molecule has 0 atom stereocenters. The van der Waals surface area contributed by atoms with E-state index in [2.05, 4.69) is 15.2 Å². The van der Waals surface area contributed by atoms with Gasteiger partial charge in [-0.05, 0) is 30.3 Å². The smallest absolute Gasteiger partial charge is 0.118 e. The van der Waals surface area contributed by atoms with Crippen molar-refractivity contribution in [1.29, 1.82) is 0 Å². The minimum atomic E-state index is 0.726. The van der Waals surface area contributed by atoms with Crippen LogP contribution in [0.25, 0.3) is 22.3 Å². The van der Waals surface area contributed by atoms with E-state index in [4.69, 9.17) is 5.73 Å². The molecule has 2 heterocycles. The highest BCUT2D eigenvalue weighted by molar-refractivity contribution is 5.93.